The van der Waals surface area contributed by atoms with Gasteiger partial charge in [0.05, 0.1) is 4.92 Å². The molecular formula is C18H22BrFN6O2. The van der Waals surface area contributed by atoms with Crippen molar-refractivity contribution >= 4 is 33.4 Å². The molecule has 1 aromatic heterocycles. The number of halogens is 2. The summed E-state index contributed by atoms with van der Waals surface area (Å²) in [6.07, 6.45) is 4.03. The summed E-state index contributed by atoms with van der Waals surface area (Å²) in [6, 6.07) is 4.92. The van der Waals surface area contributed by atoms with Gasteiger partial charge < -0.3 is 16.8 Å². The highest BCUT2D eigenvalue weighted by Gasteiger charge is 2.27. The van der Waals surface area contributed by atoms with Crippen LogP contribution in [0.3, 0.4) is 0 Å². The highest BCUT2D eigenvalue weighted by atomic mass is 79.9. The Morgan fingerprint density at radius 1 is 1.29 bits per heavy atom. The van der Waals surface area contributed by atoms with Crippen molar-refractivity contribution in [1.82, 2.24) is 9.97 Å². The van der Waals surface area contributed by atoms with E-state index in [1.165, 1.54) is 6.07 Å². The van der Waals surface area contributed by atoms with Crippen LogP contribution in [0.15, 0.2) is 22.7 Å². The van der Waals surface area contributed by atoms with Gasteiger partial charge in [0, 0.05) is 22.6 Å². The van der Waals surface area contributed by atoms with Gasteiger partial charge in [-0.15, -0.1) is 0 Å². The standard InChI is InChI=1S/C18H22BrFN6O2/c19-12-4-3-11(14(20)8-12)9-23-18-24-15(16(26(27)28)17(22)25-18)7-10-1-5-13(21)6-2-10/h3-4,8,10,13H,1-2,5-7,9,21H2,(H3,22,23,24,25). The normalized spacial score (nSPS) is 19.4. The average Bonchev–Trinajstić information content (AvgIpc) is 2.62. The van der Waals surface area contributed by atoms with Crippen LogP contribution >= 0.6 is 15.9 Å². The van der Waals surface area contributed by atoms with Gasteiger partial charge in [0.15, 0.2) is 0 Å². The van der Waals surface area contributed by atoms with Gasteiger partial charge in [-0.2, -0.15) is 4.98 Å². The summed E-state index contributed by atoms with van der Waals surface area (Å²) in [5, 5.41) is 14.4. The van der Waals surface area contributed by atoms with Crippen LogP contribution in [-0.4, -0.2) is 20.9 Å². The molecule has 1 aromatic carbocycles. The Balaban J connectivity index is 1.80. The number of hydrogen-bond donors (Lipinski definition) is 3. The largest absolute Gasteiger partial charge is 0.378 e. The van der Waals surface area contributed by atoms with Gasteiger partial charge in [0.2, 0.25) is 11.8 Å². The van der Waals surface area contributed by atoms with E-state index in [2.05, 4.69) is 31.2 Å². The number of aromatic nitrogens is 2. The zero-order chi connectivity index (χ0) is 20.3. The number of nitrogen functional groups attached to an aromatic ring is 1. The summed E-state index contributed by atoms with van der Waals surface area (Å²) in [6.45, 7) is 0.133. The molecule has 0 aliphatic heterocycles. The molecule has 0 saturated heterocycles. The van der Waals surface area contributed by atoms with Crippen molar-refractivity contribution in [3.63, 3.8) is 0 Å². The predicted octanol–water partition coefficient (Wildman–Crippen LogP) is 3.54. The van der Waals surface area contributed by atoms with E-state index in [1.54, 1.807) is 12.1 Å². The number of hydrogen-bond acceptors (Lipinski definition) is 7. The number of nitrogens with two attached hydrogens (primary N) is 2. The van der Waals surface area contributed by atoms with E-state index in [4.69, 9.17) is 11.5 Å². The number of nitrogens with zero attached hydrogens (tertiary/aromatic N) is 3. The first kappa shape index (κ1) is 20.4. The van der Waals surface area contributed by atoms with Crippen LogP contribution in [0.2, 0.25) is 0 Å². The van der Waals surface area contributed by atoms with Crippen LogP contribution in [0.5, 0.6) is 0 Å². The topological polar surface area (TPSA) is 133 Å². The molecule has 1 aliphatic rings. The minimum absolute atomic E-state index is 0.133. The maximum absolute atomic E-state index is 14.0. The fourth-order valence-corrected chi connectivity index (χ4v) is 3.78. The Bertz CT molecular complexity index is 873. The molecule has 1 aliphatic carbocycles. The lowest BCUT2D eigenvalue weighted by Gasteiger charge is -2.25. The van der Waals surface area contributed by atoms with Gasteiger partial charge in [0.1, 0.15) is 11.5 Å². The Morgan fingerprint density at radius 2 is 2.00 bits per heavy atom. The molecule has 1 saturated carbocycles. The van der Waals surface area contributed by atoms with Crippen LogP contribution in [0.25, 0.3) is 0 Å². The molecule has 3 rings (SSSR count). The molecule has 8 nitrogen and oxygen atoms in total. The molecular weight excluding hydrogens is 431 g/mol. The van der Waals surface area contributed by atoms with E-state index in [0.717, 1.165) is 25.7 Å². The Kier molecular flexibility index (Phi) is 6.40. The highest BCUT2D eigenvalue weighted by Crippen LogP contribution is 2.32. The second-order valence-corrected chi connectivity index (χ2v) is 7.97. The van der Waals surface area contributed by atoms with Crippen molar-refractivity contribution in [3.8, 4) is 0 Å². The van der Waals surface area contributed by atoms with E-state index < -0.39 is 4.92 Å². The van der Waals surface area contributed by atoms with Crippen molar-refractivity contribution < 1.29 is 9.31 Å². The summed E-state index contributed by atoms with van der Waals surface area (Å²) in [4.78, 5) is 19.2. The van der Waals surface area contributed by atoms with Crippen LogP contribution in [0, 0.1) is 21.8 Å². The lowest BCUT2D eigenvalue weighted by molar-refractivity contribution is -0.385. The predicted molar refractivity (Wildman–Crippen MR) is 108 cm³/mol. The molecule has 28 heavy (non-hydrogen) atoms. The van der Waals surface area contributed by atoms with Crippen molar-refractivity contribution in [2.45, 2.75) is 44.7 Å². The summed E-state index contributed by atoms with van der Waals surface area (Å²) >= 11 is 3.21. The van der Waals surface area contributed by atoms with Crippen LogP contribution in [0.1, 0.15) is 36.9 Å². The smallest absolute Gasteiger partial charge is 0.332 e. The first-order chi connectivity index (χ1) is 13.3. The zero-order valence-corrected chi connectivity index (χ0v) is 16.8. The fourth-order valence-electron chi connectivity index (χ4n) is 3.45. The summed E-state index contributed by atoms with van der Waals surface area (Å²) in [5.41, 5.74) is 12.2. The lowest BCUT2D eigenvalue weighted by Crippen LogP contribution is -2.27. The fraction of sp³-hybridized carbons (Fsp3) is 0.444. The van der Waals surface area contributed by atoms with E-state index in [0.29, 0.717) is 22.2 Å². The van der Waals surface area contributed by atoms with Crippen molar-refractivity contribution in [2.24, 2.45) is 11.7 Å². The maximum atomic E-state index is 14.0. The average molecular weight is 453 g/mol. The first-order valence-corrected chi connectivity index (χ1v) is 9.87. The Labute approximate surface area is 170 Å². The summed E-state index contributed by atoms with van der Waals surface area (Å²) < 4.78 is 14.6. The van der Waals surface area contributed by atoms with Gasteiger partial charge in [-0.1, -0.05) is 22.0 Å². The van der Waals surface area contributed by atoms with Gasteiger partial charge in [0.25, 0.3) is 0 Å². The molecule has 0 unspecified atom stereocenters. The number of nitro groups is 1. The quantitative estimate of drug-likeness (QED) is 0.450. The number of nitrogens with one attached hydrogen (secondary N) is 1. The molecule has 0 amide bonds. The number of rotatable bonds is 6. The zero-order valence-electron chi connectivity index (χ0n) is 15.2. The second kappa shape index (κ2) is 8.78. The Hall–Kier alpha value is -2.33. The van der Waals surface area contributed by atoms with Crippen LogP contribution in [-0.2, 0) is 13.0 Å². The Morgan fingerprint density at radius 3 is 2.64 bits per heavy atom. The molecule has 0 atom stereocenters. The van der Waals surface area contributed by atoms with Crippen molar-refractivity contribution in [1.29, 1.82) is 0 Å². The molecule has 5 N–H and O–H groups in total. The minimum Gasteiger partial charge on any atom is -0.378 e. The van der Waals surface area contributed by atoms with Crippen LogP contribution in [0.4, 0.5) is 21.8 Å². The monoisotopic (exact) mass is 452 g/mol. The highest BCUT2D eigenvalue weighted by molar-refractivity contribution is 9.10. The van der Waals surface area contributed by atoms with Gasteiger partial charge >= 0.3 is 5.69 Å². The summed E-state index contributed by atoms with van der Waals surface area (Å²) in [7, 11) is 0. The third-order valence-corrected chi connectivity index (χ3v) is 5.48. The summed E-state index contributed by atoms with van der Waals surface area (Å²) in [5.74, 6) is -0.158. The third kappa shape index (κ3) is 4.93. The van der Waals surface area contributed by atoms with Crippen molar-refractivity contribution in [3.05, 3.63) is 49.9 Å². The molecule has 150 valence electrons. The molecule has 0 spiro atoms. The van der Waals surface area contributed by atoms with E-state index >= 15 is 0 Å². The second-order valence-electron chi connectivity index (χ2n) is 7.06. The third-order valence-electron chi connectivity index (χ3n) is 4.99. The molecule has 0 radical (unpaired) electrons. The number of benzene rings is 1. The maximum Gasteiger partial charge on any atom is 0.332 e. The minimum atomic E-state index is -0.544. The molecule has 2 aromatic rings. The van der Waals surface area contributed by atoms with Crippen LogP contribution < -0.4 is 16.8 Å². The molecule has 10 heteroatoms. The molecule has 0 bridgehead atoms. The lowest BCUT2D eigenvalue weighted by atomic mass is 9.83. The molecule has 1 fully saturated rings. The van der Waals surface area contributed by atoms with Crippen molar-refractivity contribution in [2.75, 3.05) is 11.1 Å². The molecule has 1 heterocycles. The first-order valence-electron chi connectivity index (χ1n) is 9.07. The van der Waals surface area contributed by atoms with E-state index in [1.807, 2.05) is 0 Å². The van der Waals surface area contributed by atoms with Gasteiger partial charge in [-0.25, -0.2) is 9.37 Å². The van der Waals surface area contributed by atoms with E-state index in [9.17, 15) is 14.5 Å². The SMILES string of the molecule is Nc1nc(NCc2ccc(Br)cc2F)nc(CC2CCC(N)CC2)c1[N+](=O)[O-]. The van der Waals surface area contributed by atoms with Gasteiger partial charge in [-0.3, -0.25) is 10.1 Å². The number of anilines is 2. The van der Waals surface area contributed by atoms with Gasteiger partial charge in [-0.05, 0) is 50.2 Å². The van der Waals surface area contributed by atoms with E-state index in [-0.39, 0.29) is 41.8 Å².